The van der Waals surface area contributed by atoms with Crippen molar-refractivity contribution in [1.82, 2.24) is 0 Å². The van der Waals surface area contributed by atoms with Gasteiger partial charge in [-0.2, -0.15) is 13.2 Å². The van der Waals surface area contributed by atoms with Crippen LogP contribution in [0.15, 0.2) is 0 Å². The zero-order valence-corrected chi connectivity index (χ0v) is 5.52. The van der Waals surface area contributed by atoms with Crippen LogP contribution in [0.3, 0.4) is 0 Å². The van der Waals surface area contributed by atoms with E-state index < -0.39 is 25.2 Å². The third kappa shape index (κ3) is 1.63. The number of aliphatic hydroxyl groups is 1. The Kier molecular flexibility index (Phi) is 2.08. The second-order valence-corrected chi connectivity index (χ2v) is 2.20. The second-order valence-electron chi connectivity index (χ2n) is 2.20. The quantitative estimate of drug-likeness (QED) is 0.582. The highest BCUT2D eigenvalue weighted by Crippen LogP contribution is 2.35. The van der Waals surface area contributed by atoms with Crippen LogP contribution in [-0.4, -0.2) is 30.5 Å². The Hall–Kier alpha value is -0.330. The van der Waals surface area contributed by atoms with Crippen molar-refractivity contribution in [3.8, 4) is 0 Å². The molecular formula is C5H7F3O3. The fourth-order valence-corrected chi connectivity index (χ4v) is 0.704. The minimum atomic E-state index is -4.74. The van der Waals surface area contributed by atoms with E-state index in [-0.39, 0.29) is 6.61 Å². The fraction of sp³-hybridized carbons (Fsp3) is 1.00. The number of halogens is 3. The predicted molar refractivity (Wildman–Crippen MR) is 27.5 cm³/mol. The predicted octanol–water partition coefficient (Wildman–Crippen LogP) is 0.632. The maximum atomic E-state index is 11.9. The van der Waals surface area contributed by atoms with Crippen molar-refractivity contribution >= 4 is 0 Å². The summed E-state index contributed by atoms with van der Waals surface area (Å²) in [7, 11) is 0. The molecule has 0 amide bonds. The molecule has 1 aliphatic rings. The van der Waals surface area contributed by atoms with Crippen LogP contribution in [0.5, 0.6) is 0 Å². The third-order valence-corrected chi connectivity index (χ3v) is 1.41. The van der Waals surface area contributed by atoms with Crippen molar-refractivity contribution in [2.45, 2.75) is 18.4 Å². The molecular weight excluding hydrogens is 165 g/mol. The summed E-state index contributed by atoms with van der Waals surface area (Å²) in [5.74, 6) is -3.01. The van der Waals surface area contributed by atoms with Gasteiger partial charge in [0.2, 0.25) is 0 Å². The normalized spacial score (nSPS) is 33.8. The molecule has 1 aliphatic heterocycles. The van der Waals surface area contributed by atoms with Crippen molar-refractivity contribution in [2.24, 2.45) is 0 Å². The van der Waals surface area contributed by atoms with Crippen LogP contribution in [-0.2, 0) is 9.47 Å². The van der Waals surface area contributed by atoms with E-state index in [0.29, 0.717) is 0 Å². The van der Waals surface area contributed by atoms with Gasteiger partial charge in [0.15, 0.2) is 6.79 Å². The first-order chi connectivity index (χ1) is 4.96. The van der Waals surface area contributed by atoms with Gasteiger partial charge >= 0.3 is 6.18 Å². The van der Waals surface area contributed by atoms with Gasteiger partial charge in [-0.15, -0.1) is 0 Å². The third-order valence-electron chi connectivity index (χ3n) is 1.41. The van der Waals surface area contributed by atoms with E-state index in [9.17, 15) is 13.2 Å². The minimum absolute atomic E-state index is 0.143. The summed E-state index contributed by atoms with van der Waals surface area (Å²) in [4.78, 5) is 0. The molecule has 1 saturated heterocycles. The summed E-state index contributed by atoms with van der Waals surface area (Å²) in [6.07, 6.45) is -5.31. The van der Waals surface area contributed by atoms with E-state index in [0.717, 1.165) is 0 Å². The van der Waals surface area contributed by atoms with E-state index in [1.54, 1.807) is 0 Å². The summed E-state index contributed by atoms with van der Waals surface area (Å²) >= 11 is 0. The molecule has 3 nitrogen and oxygen atoms in total. The zero-order chi connectivity index (χ0) is 8.54. The largest absolute Gasteiger partial charge is 0.443 e. The highest BCUT2D eigenvalue weighted by Gasteiger charge is 2.56. The van der Waals surface area contributed by atoms with Crippen LogP contribution in [0.25, 0.3) is 0 Å². The molecule has 0 aromatic heterocycles. The Morgan fingerprint density at radius 3 is 2.27 bits per heavy atom. The molecule has 66 valence electrons. The first-order valence-electron chi connectivity index (χ1n) is 2.96. The van der Waals surface area contributed by atoms with Crippen LogP contribution in [0.1, 0.15) is 6.42 Å². The SMILES string of the molecule is OC1(C(F)(F)F)CCOCO1. The number of ether oxygens (including phenoxy) is 2. The first kappa shape index (κ1) is 8.76. The van der Waals surface area contributed by atoms with Gasteiger partial charge in [-0.1, -0.05) is 0 Å². The molecule has 0 aromatic rings. The van der Waals surface area contributed by atoms with Gasteiger partial charge < -0.3 is 14.6 Å². The zero-order valence-electron chi connectivity index (χ0n) is 5.52. The molecule has 0 radical (unpaired) electrons. The number of rotatable bonds is 0. The highest BCUT2D eigenvalue weighted by atomic mass is 19.4. The standard InChI is InChI=1S/C5H7F3O3/c6-5(7,8)4(9)1-2-10-3-11-4/h9H,1-3H2. The smallest absolute Gasteiger partial charge is 0.358 e. The molecule has 0 aliphatic carbocycles. The van der Waals surface area contributed by atoms with Gasteiger partial charge in [0.25, 0.3) is 5.79 Å². The Labute approximate surface area is 60.7 Å². The molecule has 1 rings (SSSR count). The summed E-state index contributed by atoms with van der Waals surface area (Å²) in [5, 5.41) is 8.78. The highest BCUT2D eigenvalue weighted by molar-refractivity contribution is 4.77. The maximum absolute atomic E-state index is 11.9. The van der Waals surface area contributed by atoms with Crippen LogP contribution in [0.2, 0.25) is 0 Å². The van der Waals surface area contributed by atoms with Gasteiger partial charge in [0.05, 0.1) is 6.61 Å². The summed E-state index contributed by atoms with van der Waals surface area (Å²) in [5.41, 5.74) is 0. The molecule has 6 heteroatoms. The van der Waals surface area contributed by atoms with Crippen molar-refractivity contribution in [1.29, 1.82) is 0 Å². The van der Waals surface area contributed by atoms with E-state index in [1.165, 1.54) is 0 Å². The Morgan fingerprint density at radius 2 is 2.00 bits per heavy atom. The lowest BCUT2D eigenvalue weighted by atomic mass is 10.2. The van der Waals surface area contributed by atoms with Crippen LogP contribution < -0.4 is 0 Å². The Balaban J connectivity index is 2.64. The number of hydrogen-bond acceptors (Lipinski definition) is 3. The minimum Gasteiger partial charge on any atom is -0.358 e. The van der Waals surface area contributed by atoms with Gasteiger partial charge in [0.1, 0.15) is 0 Å². The van der Waals surface area contributed by atoms with Gasteiger partial charge in [-0.3, -0.25) is 0 Å². The van der Waals surface area contributed by atoms with E-state index >= 15 is 0 Å². The van der Waals surface area contributed by atoms with Crippen molar-refractivity contribution in [3.63, 3.8) is 0 Å². The lowest BCUT2D eigenvalue weighted by Crippen LogP contribution is -2.51. The Bertz CT molecular complexity index is 138. The second kappa shape index (κ2) is 2.62. The molecule has 0 saturated carbocycles. The monoisotopic (exact) mass is 172 g/mol. The summed E-state index contributed by atoms with van der Waals surface area (Å²) < 4.78 is 44.2. The maximum Gasteiger partial charge on any atom is 0.443 e. The molecule has 11 heavy (non-hydrogen) atoms. The van der Waals surface area contributed by atoms with E-state index in [2.05, 4.69) is 9.47 Å². The van der Waals surface area contributed by atoms with Gasteiger partial charge in [-0.05, 0) is 0 Å². The summed E-state index contributed by atoms with van der Waals surface area (Å²) in [6, 6.07) is 0. The summed E-state index contributed by atoms with van der Waals surface area (Å²) in [6.45, 7) is -0.661. The molecule has 1 fully saturated rings. The van der Waals surface area contributed by atoms with E-state index in [4.69, 9.17) is 5.11 Å². The lowest BCUT2D eigenvalue weighted by molar-refractivity contribution is -0.402. The fourth-order valence-electron chi connectivity index (χ4n) is 0.704. The molecule has 1 atom stereocenters. The topological polar surface area (TPSA) is 38.7 Å². The van der Waals surface area contributed by atoms with Crippen LogP contribution >= 0.6 is 0 Å². The molecule has 0 aromatic carbocycles. The van der Waals surface area contributed by atoms with Gasteiger partial charge in [0, 0.05) is 6.42 Å². The lowest BCUT2D eigenvalue weighted by Gasteiger charge is -2.33. The Morgan fingerprint density at radius 1 is 1.36 bits per heavy atom. The average molecular weight is 172 g/mol. The number of hydrogen-bond donors (Lipinski definition) is 1. The number of alkyl halides is 3. The molecule has 1 heterocycles. The van der Waals surface area contributed by atoms with Crippen molar-refractivity contribution < 1.29 is 27.8 Å². The molecule has 1 N–H and O–H groups in total. The van der Waals surface area contributed by atoms with Gasteiger partial charge in [-0.25, -0.2) is 0 Å². The van der Waals surface area contributed by atoms with Crippen molar-refractivity contribution in [3.05, 3.63) is 0 Å². The van der Waals surface area contributed by atoms with Crippen LogP contribution in [0, 0.1) is 0 Å². The average Bonchev–Trinajstić information content (AvgIpc) is 1.87. The van der Waals surface area contributed by atoms with Crippen molar-refractivity contribution in [2.75, 3.05) is 13.4 Å². The van der Waals surface area contributed by atoms with Crippen LogP contribution in [0.4, 0.5) is 13.2 Å². The first-order valence-corrected chi connectivity index (χ1v) is 2.96. The molecule has 1 unspecified atom stereocenters. The molecule has 0 bridgehead atoms. The van der Waals surface area contributed by atoms with E-state index in [1.807, 2.05) is 0 Å². The molecule has 0 spiro atoms.